The molecule has 0 aromatic carbocycles. The van der Waals surface area contributed by atoms with Crippen LogP contribution in [0.3, 0.4) is 0 Å². The van der Waals surface area contributed by atoms with Crippen LogP contribution in [-0.4, -0.2) is 84.9 Å². The van der Waals surface area contributed by atoms with Gasteiger partial charge in [-0.2, -0.15) is 0 Å². The van der Waals surface area contributed by atoms with E-state index in [4.69, 9.17) is 32.7 Å². The molecule has 0 radical (unpaired) electrons. The van der Waals surface area contributed by atoms with Crippen LogP contribution in [0.15, 0.2) is 0 Å². The second-order valence-electron chi connectivity index (χ2n) is 9.79. The number of fused-ring (bicyclic) bond motifs is 1. The smallest absolute Gasteiger partial charge is 0.113 e. The van der Waals surface area contributed by atoms with Gasteiger partial charge in [0.05, 0.1) is 41.3 Å². The number of rotatable bonds is 6. The van der Waals surface area contributed by atoms with Crippen molar-refractivity contribution in [3.8, 4) is 0 Å². The molecule has 7 nitrogen and oxygen atoms in total. The van der Waals surface area contributed by atoms with Gasteiger partial charge in [0.15, 0.2) is 0 Å². The van der Waals surface area contributed by atoms with Crippen molar-refractivity contribution in [2.45, 2.75) is 125 Å². The van der Waals surface area contributed by atoms with Crippen molar-refractivity contribution in [3.05, 3.63) is 0 Å². The van der Waals surface area contributed by atoms with Gasteiger partial charge in [0.1, 0.15) is 6.29 Å². The Morgan fingerprint density at radius 2 is 1.61 bits per heavy atom. The van der Waals surface area contributed by atoms with Crippen molar-refractivity contribution in [2.75, 3.05) is 14.2 Å². The zero-order chi connectivity index (χ0) is 22.1. The number of ether oxygens (including phenoxy) is 2. The molecule has 2 aliphatic carbocycles. The zero-order valence-corrected chi connectivity index (χ0v) is 20.8. The Bertz CT molecular complexity index is 590. The Morgan fingerprint density at radius 3 is 2.23 bits per heavy atom. The Balaban J connectivity index is 1.42. The SMILES string of the molecule is CCC1NC2C(C)NC(NC3CCC(OC)C(Cl)C3)NC2N1C1CCC(OC)C(Cl)C1. The van der Waals surface area contributed by atoms with Crippen LogP contribution in [-0.2, 0) is 9.47 Å². The molecule has 0 aromatic rings. The molecule has 31 heavy (non-hydrogen) atoms. The van der Waals surface area contributed by atoms with Crippen molar-refractivity contribution in [1.82, 2.24) is 26.2 Å². The molecule has 4 aliphatic rings. The van der Waals surface area contributed by atoms with Gasteiger partial charge in [-0.05, 0) is 51.9 Å². The van der Waals surface area contributed by atoms with Gasteiger partial charge >= 0.3 is 0 Å². The Hall–Kier alpha value is 0.300. The van der Waals surface area contributed by atoms with Crippen molar-refractivity contribution >= 4 is 23.2 Å². The summed E-state index contributed by atoms with van der Waals surface area (Å²) in [5.41, 5.74) is 0. The predicted molar refractivity (Wildman–Crippen MR) is 125 cm³/mol. The van der Waals surface area contributed by atoms with Crippen LogP contribution in [0.2, 0.25) is 0 Å². The summed E-state index contributed by atoms with van der Waals surface area (Å²) in [5.74, 6) is 0. The maximum Gasteiger partial charge on any atom is 0.113 e. The Morgan fingerprint density at radius 1 is 0.935 bits per heavy atom. The Labute approximate surface area is 197 Å². The first kappa shape index (κ1) is 24.4. The van der Waals surface area contributed by atoms with Crippen LogP contribution in [0.1, 0.15) is 58.8 Å². The number of hydrogen-bond donors (Lipinski definition) is 4. The van der Waals surface area contributed by atoms with Gasteiger partial charge in [0.2, 0.25) is 0 Å². The fraction of sp³-hybridized carbons (Fsp3) is 1.00. The zero-order valence-electron chi connectivity index (χ0n) is 19.3. The summed E-state index contributed by atoms with van der Waals surface area (Å²) in [7, 11) is 3.54. The fourth-order valence-electron chi connectivity index (χ4n) is 6.22. The topological polar surface area (TPSA) is 69.8 Å². The molecular weight excluding hydrogens is 437 g/mol. The van der Waals surface area contributed by atoms with Crippen LogP contribution in [0.25, 0.3) is 0 Å². The van der Waals surface area contributed by atoms with E-state index in [-0.39, 0.29) is 35.4 Å². The van der Waals surface area contributed by atoms with Crippen LogP contribution in [0.5, 0.6) is 0 Å². The van der Waals surface area contributed by atoms with E-state index >= 15 is 0 Å². The van der Waals surface area contributed by atoms with Gasteiger partial charge in [-0.3, -0.25) is 26.2 Å². The molecule has 11 unspecified atom stereocenters. The lowest BCUT2D eigenvalue weighted by Gasteiger charge is -2.47. The highest BCUT2D eigenvalue weighted by Crippen LogP contribution is 2.35. The predicted octanol–water partition coefficient (Wildman–Crippen LogP) is 2.13. The lowest BCUT2D eigenvalue weighted by atomic mass is 9.90. The molecule has 2 saturated carbocycles. The molecule has 4 fully saturated rings. The van der Waals surface area contributed by atoms with Gasteiger partial charge in [-0.15, -0.1) is 23.2 Å². The minimum atomic E-state index is 0.0613. The largest absolute Gasteiger partial charge is 0.380 e. The van der Waals surface area contributed by atoms with Gasteiger partial charge in [-0.25, -0.2) is 0 Å². The quantitative estimate of drug-likeness (QED) is 0.436. The first-order valence-corrected chi connectivity index (χ1v) is 13.0. The summed E-state index contributed by atoms with van der Waals surface area (Å²) in [5, 5.41) is 15.4. The maximum atomic E-state index is 6.71. The number of methoxy groups -OCH3 is 2. The standard InChI is InChI=1S/C22H41Cl2N5O2/c1-5-19-27-20-12(2)25-22(26-13-6-8-17(30-3)15(23)10-13)28-21(20)29(19)14-7-9-18(31-4)16(24)11-14/h12-22,25-28H,5-11H2,1-4H3. The highest BCUT2D eigenvalue weighted by molar-refractivity contribution is 6.21. The van der Waals surface area contributed by atoms with Crippen molar-refractivity contribution < 1.29 is 9.47 Å². The summed E-state index contributed by atoms with van der Waals surface area (Å²) in [6.07, 6.45) is 8.24. The molecule has 11 atom stereocenters. The van der Waals surface area contributed by atoms with Crippen LogP contribution < -0.4 is 21.3 Å². The molecule has 0 amide bonds. The highest BCUT2D eigenvalue weighted by Gasteiger charge is 2.50. The first-order chi connectivity index (χ1) is 14.9. The lowest BCUT2D eigenvalue weighted by Crippen LogP contribution is -2.73. The minimum absolute atomic E-state index is 0.0613. The van der Waals surface area contributed by atoms with Gasteiger partial charge in [0, 0.05) is 32.3 Å². The summed E-state index contributed by atoms with van der Waals surface area (Å²) in [6, 6.07) is 1.56. The molecule has 2 saturated heterocycles. The molecule has 180 valence electrons. The highest BCUT2D eigenvalue weighted by atomic mass is 35.5. The molecule has 4 N–H and O–H groups in total. The molecule has 4 rings (SSSR count). The number of nitrogens with zero attached hydrogens (tertiary/aromatic N) is 1. The van der Waals surface area contributed by atoms with E-state index in [2.05, 4.69) is 40.0 Å². The minimum Gasteiger partial charge on any atom is -0.380 e. The van der Waals surface area contributed by atoms with Crippen molar-refractivity contribution in [3.63, 3.8) is 0 Å². The molecule has 0 bridgehead atoms. The summed E-state index contributed by atoms with van der Waals surface area (Å²) in [4.78, 5) is 2.67. The van der Waals surface area contributed by atoms with E-state index in [1.54, 1.807) is 14.2 Å². The van der Waals surface area contributed by atoms with Gasteiger partial charge in [-0.1, -0.05) is 6.92 Å². The third kappa shape index (κ3) is 5.20. The molecule has 9 heteroatoms. The molecule has 0 spiro atoms. The average molecular weight is 479 g/mol. The second kappa shape index (κ2) is 10.7. The maximum absolute atomic E-state index is 6.71. The number of halogens is 2. The molecular formula is C22H41Cl2N5O2. The summed E-state index contributed by atoms with van der Waals surface area (Å²) < 4.78 is 11.1. The Kier molecular flexibility index (Phi) is 8.43. The van der Waals surface area contributed by atoms with E-state index in [0.717, 1.165) is 44.9 Å². The number of nitrogens with one attached hydrogen (secondary N) is 4. The molecule has 2 aliphatic heterocycles. The normalized spacial score (nSPS) is 49.2. The molecule has 0 aromatic heterocycles. The van der Waals surface area contributed by atoms with E-state index in [0.29, 0.717) is 30.3 Å². The lowest BCUT2D eigenvalue weighted by molar-refractivity contribution is 0.00482. The van der Waals surface area contributed by atoms with Crippen molar-refractivity contribution in [2.24, 2.45) is 0 Å². The number of hydrogen-bond acceptors (Lipinski definition) is 7. The summed E-state index contributed by atoms with van der Waals surface area (Å²) >= 11 is 13.3. The second-order valence-corrected chi connectivity index (χ2v) is 10.9. The third-order valence-electron chi connectivity index (χ3n) is 7.93. The van der Waals surface area contributed by atoms with Crippen LogP contribution in [0.4, 0.5) is 0 Å². The first-order valence-electron chi connectivity index (χ1n) is 12.1. The monoisotopic (exact) mass is 477 g/mol. The van der Waals surface area contributed by atoms with Crippen LogP contribution in [0, 0.1) is 0 Å². The van der Waals surface area contributed by atoms with Crippen molar-refractivity contribution in [1.29, 1.82) is 0 Å². The fourth-order valence-corrected chi connectivity index (χ4v) is 7.10. The van der Waals surface area contributed by atoms with Gasteiger partial charge < -0.3 is 9.47 Å². The average Bonchev–Trinajstić information content (AvgIpc) is 3.13. The van der Waals surface area contributed by atoms with E-state index in [9.17, 15) is 0 Å². The molecule has 2 heterocycles. The third-order valence-corrected chi connectivity index (χ3v) is 8.84. The number of alkyl halides is 2. The van der Waals surface area contributed by atoms with E-state index < -0.39 is 0 Å². The van der Waals surface area contributed by atoms with E-state index in [1.165, 1.54) is 0 Å². The van der Waals surface area contributed by atoms with Gasteiger partial charge in [0.25, 0.3) is 0 Å². The van der Waals surface area contributed by atoms with Crippen LogP contribution >= 0.6 is 23.2 Å². The van der Waals surface area contributed by atoms with E-state index in [1.807, 2.05) is 0 Å². The summed E-state index contributed by atoms with van der Waals surface area (Å²) in [6.45, 7) is 4.55.